The molecule has 0 aliphatic carbocycles. The number of amides is 1. The molecule has 0 fully saturated rings. The zero-order valence-electron chi connectivity index (χ0n) is 20.4. The minimum atomic E-state index is -4.50. The van der Waals surface area contributed by atoms with Crippen LogP contribution in [0.4, 0.5) is 13.2 Å². The monoisotopic (exact) mass is 517 g/mol. The molecule has 0 unspecified atom stereocenters. The summed E-state index contributed by atoms with van der Waals surface area (Å²) in [5, 5.41) is 4.40. The van der Waals surface area contributed by atoms with Gasteiger partial charge >= 0.3 is 6.18 Å². The lowest BCUT2D eigenvalue weighted by Gasteiger charge is -2.17. The highest BCUT2D eigenvalue weighted by atomic mass is 19.4. The summed E-state index contributed by atoms with van der Waals surface area (Å²) in [6.07, 6.45) is -2.86. The molecule has 1 N–H and O–H groups in total. The maximum atomic E-state index is 13.6. The smallest absolute Gasteiger partial charge is 0.416 e. The van der Waals surface area contributed by atoms with Gasteiger partial charge in [0, 0.05) is 22.8 Å². The summed E-state index contributed by atoms with van der Waals surface area (Å²) in [7, 11) is 1.47. The molecule has 0 aliphatic heterocycles. The Morgan fingerprint density at radius 3 is 2.37 bits per heavy atom. The quantitative estimate of drug-likeness (QED) is 0.288. The number of fused-ring (bicyclic) bond motifs is 3. The number of carbonyl (C=O) groups is 1. The zero-order chi connectivity index (χ0) is 27.0. The molecule has 5 aromatic rings. The normalized spacial score (nSPS) is 12.4. The first-order valence-corrected chi connectivity index (χ1v) is 11.7. The Bertz CT molecular complexity index is 1710. The van der Waals surface area contributed by atoms with Gasteiger partial charge in [-0.25, -0.2) is 0 Å². The maximum Gasteiger partial charge on any atom is 0.416 e. The van der Waals surface area contributed by atoms with Gasteiger partial charge in [0.2, 0.25) is 0 Å². The third kappa shape index (κ3) is 4.58. The Kier molecular flexibility index (Phi) is 6.36. The number of alkyl halides is 3. The van der Waals surface area contributed by atoms with Crippen molar-refractivity contribution < 1.29 is 22.7 Å². The highest BCUT2D eigenvalue weighted by Crippen LogP contribution is 2.32. The number of ether oxygens (including phenoxy) is 1. The van der Waals surface area contributed by atoms with Gasteiger partial charge in [0.15, 0.2) is 0 Å². The molecule has 192 valence electrons. The summed E-state index contributed by atoms with van der Waals surface area (Å²) in [4.78, 5) is 31.0. The number of methoxy groups -OCH3 is 1. The van der Waals surface area contributed by atoms with Crippen LogP contribution in [-0.4, -0.2) is 22.6 Å². The van der Waals surface area contributed by atoms with Crippen LogP contribution >= 0.6 is 0 Å². The third-order valence-electron chi connectivity index (χ3n) is 6.38. The largest absolute Gasteiger partial charge is 0.497 e. The molecule has 38 heavy (non-hydrogen) atoms. The molecule has 1 amide bonds. The summed E-state index contributed by atoms with van der Waals surface area (Å²) in [5.41, 5.74) is 0.528. The highest BCUT2D eigenvalue weighted by Gasteiger charge is 2.30. The lowest BCUT2D eigenvalue weighted by atomic mass is 10.0. The molecule has 0 saturated carbocycles. The summed E-state index contributed by atoms with van der Waals surface area (Å²) in [5.74, 6) is 0.116. The molecule has 2 heterocycles. The predicted octanol–water partition coefficient (Wildman–Crippen LogP) is 6.06. The van der Waals surface area contributed by atoms with Crippen LogP contribution in [0.15, 0.2) is 89.9 Å². The van der Waals surface area contributed by atoms with Gasteiger partial charge in [0.25, 0.3) is 11.5 Å². The molecule has 0 spiro atoms. The molecule has 0 bridgehead atoms. The summed E-state index contributed by atoms with van der Waals surface area (Å²) >= 11 is 0. The van der Waals surface area contributed by atoms with Crippen LogP contribution in [0, 0.1) is 0 Å². The molecule has 0 aliphatic rings. The van der Waals surface area contributed by atoms with Crippen LogP contribution < -0.4 is 15.6 Å². The van der Waals surface area contributed by atoms with Crippen molar-refractivity contribution in [3.8, 4) is 11.4 Å². The van der Waals surface area contributed by atoms with E-state index in [1.165, 1.54) is 23.8 Å². The molecule has 0 saturated heterocycles. The van der Waals surface area contributed by atoms with Gasteiger partial charge in [-0.3, -0.25) is 19.1 Å². The van der Waals surface area contributed by atoms with Gasteiger partial charge in [-0.1, -0.05) is 6.07 Å². The van der Waals surface area contributed by atoms with Crippen molar-refractivity contribution >= 4 is 27.6 Å². The molecule has 5 rings (SSSR count). The number of halogens is 3. The van der Waals surface area contributed by atoms with E-state index in [4.69, 9.17) is 4.74 Å². The van der Waals surface area contributed by atoms with E-state index in [1.807, 2.05) is 19.1 Å². The van der Waals surface area contributed by atoms with Crippen molar-refractivity contribution in [3.05, 3.63) is 112 Å². The molecule has 0 radical (unpaired) electrons. The molecule has 1 atom stereocenters. The molecular weight excluding hydrogens is 495 g/mol. The third-order valence-corrected chi connectivity index (χ3v) is 6.38. The molecule has 9 heteroatoms. The van der Waals surface area contributed by atoms with Crippen molar-refractivity contribution in [1.29, 1.82) is 0 Å². The van der Waals surface area contributed by atoms with Crippen molar-refractivity contribution in [3.63, 3.8) is 0 Å². The van der Waals surface area contributed by atoms with E-state index >= 15 is 0 Å². The summed E-state index contributed by atoms with van der Waals surface area (Å²) in [6.45, 7) is 1.82. The van der Waals surface area contributed by atoms with E-state index in [0.717, 1.165) is 12.1 Å². The lowest BCUT2D eigenvalue weighted by Crippen LogP contribution is -2.27. The van der Waals surface area contributed by atoms with Crippen LogP contribution in [0.3, 0.4) is 0 Å². The summed E-state index contributed by atoms with van der Waals surface area (Å²) < 4.78 is 46.1. The first-order valence-electron chi connectivity index (χ1n) is 11.7. The van der Waals surface area contributed by atoms with Crippen LogP contribution in [-0.2, 0) is 6.18 Å². The number of rotatable bonds is 5. The van der Waals surface area contributed by atoms with Crippen molar-refractivity contribution in [2.45, 2.75) is 19.1 Å². The highest BCUT2D eigenvalue weighted by molar-refractivity contribution is 6.09. The topological polar surface area (TPSA) is 73.2 Å². The van der Waals surface area contributed by atoms with Crippen molar-refractivity contribution in [2.24, 2.45) is 0 Å². The molecule has 3 aromatic carbocycles. The fourth-order valence-electron chi connectivity index (χ4n) is 4.42. The standard InChI is InChI=1S/C29H22F3N3O3/c1-17(25-5-3-4-14-33-25)34-27(36)18-6-13-26-23(15-18)22-12-11-21(38-2)16-24(22)28(37)35(26)20-9-7-19(8-10-20)29(30,31)32/h3-17H,1-2H3,(H,34,36)/t17-/m0/s1. The van der Waals surface area contributed by atoms with Crippen LogP contribution in [0.1, 0.15) is 34.6 Å². The second kappa shape index (κ2) is 9.66. The van der Waals surface area contributed by atoms with Gasteiger partial charge in [0.1, 0.15) is 5.75 Å². The lowest BCUT2D eigenvalue weighted by molar-refractivity contribution is -0.137. The van der Waals surface area contributed by atoms with Crippen molar-refractivity contribution in [1.82, 2.24) is 14.9 Å². The number of nitrogens with zero attached hydrogens (tertiary/aromatic N) is 2. The molecular formula is C29H22F3N3O3. The Morgan fingerprint density at radius 2 is 1.71 bits per heavy atom. The van der Waals surface area contributed by atoms with E-state index < -0.39 is 17.3 Å². The number of benzene rings is 3. The second-order valence-corrected chi connectivity index (χ2v) is 8.78. The van der Waals surface area contributed by atoms with Gasteiger partial charge in [-0.05, 0) is 85.1 Å². The number of hydrogen-bond acceptors (Lipinski definition) is 4. The van der Waals surface area contributed by atoms with Gasteiger partial charge in [0.05, 0.1) is 35.3 Å². The Balaban J connectivity index is 1.67. The first kappa shape index (κ1) is 25.0. The second-order valence-electron chi connectivity index (χ2n) is 8.78. The fourth-order valence-corrected chi connectivity index (χ4v) is 4.42. The Morgan fingerprint density at radius 1 is 0.947 bits per heavy atom. The van der Waals surface area contributed by atoms with Crippen molar-refractivity contribution in [2.75, 3.05) is 7.11 Å². The SMILES string of the molecule is COc1ccc2c(c1)c(=O)n(-c1ccc(C(F)(F)F)cc1)c1ccc(C(=O)N[C@@H](C)c3ccccn3)cc21. The van der Waals surface area contributed by atoms with Crippen LogP contribution in [0.2, 0.25) is 0 Å². The average molecular weight is 518 g/mol. The summed E-state index contributed by atoms with van der Waals surface area (Å²) in [6, 6.07) is 19.4. The number of hydrogen-bond donors (Lipinski definition) is 1. The number of carbonyl (C=O) groups excluding carboxylic acids is 1. The van der Waals surface area contributed by atoms with Gasteiger partial charge in [-0.2, -0.15) is 13.2 Å². The van der Waals surface area contributed by atoms with Gasteiger partial charge in [-0.15, -0.1) is 0 Å². The number of nitrogens with one attached hydrogen (secondary N) is 1. The van der Waals surface area contributed by atoms with E-state index in [9.17, 15) is 22.8 Å². The average Bonchev–Trinajstić information content (AvgIpc) is 2.93. The number of pyridine rings is 2. The van der Waals surface area contributed by atoms with E-state index in [-0.39, 0.29) is 17.6 Å². The van der Waals surface area contributed by atoms with Crippen LogP contribution in [0.5, 0.6) is 5.75 Å². The fraction of sp³-hybridized carbons (Fsp3) is 0.138. The minimum absolute atomic E-state index is 0.263. The van der Waals surface area contributed by atoms with Crippen LogP contribution in [0.25, 0.3) is 27.4 Å². The maximum absolute atomic E-state index is 13.6. The van der Waals surface area contributed by atoms with E-state index in [1.54, 1.807) is 48.7 Å². The number of aromatic nitrogens is 2. The van der Waals surface area contributed by atoms with E-state index in [0.29, 0.717) is 38.7 Å². The first-order chi connectivity index (χ1) is 18.2. The molecule has 2 aromatic heterocycles. The minimum Gasteiger partial charge on any atom is -0.497 e. The Labute approximate surface area is 215 Å². The molecule has 6 nitrogen and oxygen atoms in total. The zero-order valence-corrected chi connectivity index (χ0v) is 20.4. The Hall–Kier alpha value is -4.66. The van der Waals surface area contributed by atoms with E-state index in [2.05, 4.69) is 10.3 Å². The van der Waals surface area contributed by atoms with Gasteiger partial charge < -0.3 is 10.1 Å². The predicted molar refractivity (Wildman–Crippen MR) is 139 cm³/mol.